The Hall–Kier alpha value is -2.95. The third-order valence-electron chi connectivity index (χ3n) is 3.92. The van der Waals surface area contributed by atoms with Gasteiger partial charge in [-0.3, -0.25) is 15.1 Å². The molecule has 0 aliphatic rings. The van der Waals surface area contributed by atoms with Crippen molar-refractivity contribution in [2.75, 3.05) is 5.32 Å². The first kappa shape index (κ1) is 13.7. The second-order valence-corrected chi connectivity index (χ2v) is 5.92. The fourth-order valence-electron chi connectivity index (χ4n) is 2.63. The highest BCUT2D eigenvalue weighted by atomic mass is 15.2. The zero-order valence-electron chi connectivity index (χ0n) is 13.0. The van der Waals surface area contributed by atoms with E-state index in [0.29, 0.717) is 5.92 Å². The SMILES string of the molecule is CC(C)c1cc2cc(Nc3n[nH]c4cccnc34)ccc2cn1. The molecule has 0 atom stereocenters. The first-order valence-electron chi connectivity index (χ1n) is 7.66. The minimum absolute atomic E-state index is 0.412. The summed E-state index contributed by atoms with van der Waals surface area (Å²) in [6.45, 7) is 4.30. The van der Waals surface area contributed by atoms with E-state index in [-0.39, 0.29) is 0 Å². The van der Waals surface area contributed by atoms with Crippen molar-refractivity contribution in [2.24, 2.45) is 0 Å². The van der Waals surface area contributed by atoms with Crippen LogP contribution in [0.1, 0.15) is 25.5 Å². The average Bonchev–Trinajstić information content (AvgIpc) is 2.97. The Labute approximate surface area is 133 Å². The number of fused-ring (bicyclic) bond motifs is 2. The van der Waals surface area contributed by atoms with Gasteiger partial charge in [-0.25, -0.2) is 0 Å². The van der Waals surface area contributed by atoms with Crippen molar-refractivity contribution in [2.45, 2.75) is 19.8 Å². The summed E-state index contributed by atoms with van der Waals surface area (Å²) in [6.07, 6.45) is 3.70. The fraction of sp³-hybridized carbons (Fsp3) is 0.167. The maximum absolute atomic E-state index is 4.50. The molecule has 0 aliphatic carbocycles. The fourth-order valence-corrected chi connectivity index (χ4v) is 2.63. The second kappa shape index (κ2) is 5.35. The van der Waals surface area contributed by atoms with Gasteiger partial charge in [-0.2, -0.15) is 5.10 Å². The molecule has 0 amide bonds. The van der Waals surface area contributed by atoms with Gasteiger partial charge >= 0.3 is 0 Å². The van der Waals surface area contributed by atoms with Gasteiger partial charge in [0, 0.05) is 29.2 Å². The minimum Gasteiger partial charge on any atom is -0.337 e. The zero-order chi connectivity index (χ0) is 15.8. The van der Waals surface area contributed by atoms with E-state index in [0.717, 1.165) is 33.6 Å². The van der Waals surface area contributed by atoms with Gasteiger partial charge in [0.1, 0.15) is 5.52 Å². The second-order valence-electron chi connectivity index (χ2n) is 5.92. The van der Waals surface area contributed by atoms with Crippen molar-refractivity contribution < 1.29 is 0 Å². The molecular formula is C18H17N5. The van der Waals surface area contributed by atoms with E-state index >= 15 is 0 Å². The molecule has 0 bridgehead atoms. The molecule has 4 aromatic rings. The molecular weight excluding hydrogens is 286 g/mol. The third kappa shape index (κ3) is 2.50. The van der Waals surface area contributed by atoms with Crippen molar-refractivity contribution in [3.63, 3.8) is 0 Å². The molecule has 114 valence electrons. The molecule has 5 nitrogen and oxygen atoms in total. The number of aromatic amines is 1. The van der Waals surface area contributed by atoms with Crippen LogP contribution in [0.2, 0.25) is 0 Å². The van der Waals surface area contributed by atoms with E-state index in [1.165, 1.54) is 5.39 Å². The molecule has 0 spiro atoms. The largest absolute Gasteiger partial charge is 0.337 e. The Bertz CT molecular complexity index is 987. The number of pyridine rings is 2. The molecule has 0 unspecified atom stereocenters. The number of hydrogen-bond donors (Lipinski definition) is 2. The van der Waals surface area contributed by atoms with Crippen molar-refractivity contribution in [1.82, 2.24) is 20.2 Å². The van der Waals surface area contributed by atoms with E-state index in [1.54, 1.807) is 6.20 Å². The van der Waals surface area contributed by atoms with Gasteiger partial charge in [0.2, 0.25) is 0 Å². The number of nitrogens with one attached hydrogen (secondary N) is 2. The first-order valence-corrected chi connectivity index (χ1v) is 7.66. The van der Waals surface area contributed by atoms with Crippen LogP contribution in [-0.2, 0) is 0 Å². The van der Waals surface area contributed by atoms with E-state index in [2.05, 4.69) is 57.5 Å². The maximum atomic E-state index is 4.50. The Morgan fingerprint density at radius 2 is 1.96 bits per heavy atom. The number of aromatic nitrogens is 4. The van der Waals surface area contributed by atoms with Gasteiger partial charge in [0.15, 0.2) is 5.82 Å². The summed E-state index contributed by atoms with van der Waals surface area (Å²) in [5.41, 5.74) is 3.84. The zero-order valence-corrected chi connectivity index (χ0v) is 13.0. The third-order valence-corrected chi connectivity index (χ3v) is 3.92. The highest BCUT2D eigenvalue weighted by Crippen LogP contribution is 2.26. The molecule has 5 heteroatoms. The van der Waals surface area contributed by atoms with Gasteiger partial charge in [0.05, 0.1) is 5.52 Å². The summed E-state index contributed by atoms with van der Waals surface area (Å²) in [4.78, 5) is 8.88. The molecule has 0 fully saturated rings. The number of anilines is 2. The number of H-pyrrole nitrogens is 1. The minimum atomic E-state index is 0.412. The Morgan fingerprint density at radius 3 is 2.83 bits per heavy atom. The molecule has 3 heterocycles. The standard InChI is InChI=1S/C18H17N5/c1-11(2)16-9-13-8-14(6-5-12(13)10-20-16)21-18-17-15(22-23-18)4-3-7-19-17/h3-11H,1-2H3,(H2,21,22,23). The highest BCUT2D eigenvalue weighted by Gasteiger charge is 2.08. The number of nitrogens with zero attached hydrogens (tertiary/aromatic N) is 3. The summed E-state index contributed by atoms with van der Waals surface area (Å²) in [6, 6.07) is 12.2. The van der Waals surface area contributed by atoms with Crippen LogP contribution in [0.3, 0.4) is 0 Å². The lowest BCUT2D eigenvalue weighted by Gasteiger charge is -2.08. The maximum Gasteiger partial charge on any atom is 0.178 e. The number of rotatable bonds is 3. The Kier molecular flexibility index (Phi) is 3.19. The monoisotopic (exact) mass is 303 g/mol. The van der Waals surface area contributed by atoms with Gasteiger partial charge in [-0.1, -0.05) is 19.9 Å². The lowest BCUT2D eigenvalue weighted by molar-refractivity contribution is 0.826. The lowest BCUT2D eigenvalue weighted by Crippen LogP contribution is -1.94. The quantitative estimate of drug-likeness (QED) is 0.589. The van der Waals surface area contributed by atoms with Crippen LogP contribution in [-0.4, -0.2) is 20.2 Å². The molecule has 4 rings (SSSR count). The Balaban J connectivity index is 1.73. The summed E-state index contributed by atoms with van der Waals surface area (Å²) >= 11 is 0. The van der Waals surface area contributed by atoms with Crippen LogP contribution in [0.4, 0.5) is 11.5 Å². The molecule has 23 heavy (non-hydrogen) atoms. The lowest BCUT2D eigenvalue weighted by atomic mass is 10.1. The summed E-state index contributed by atoms with van der Waals surface area (Å²) in [5, 5.41) is 12.9. The normalized spacial score (nSPS) is 11.4. The molecule has 0 radical (unpaired) electrons. The van der Waals surface area contributed by atoms with Crippen LogP contribution in [0.5, 0.6) is 0 Å². The van der Waals surface area contributed by atoms with Crippen molar-refractivity contribution >= 4 is 33.3 Å². The van der Waals surface area contributed by atoms with E-state index in [1.807, 2.05) is 24.4 Å². The van der Waals surface area contributed by atoms with E-state index in [9.17, 15) is 0 Å². The van der Waals surface area contributed by atoms with E-state index < -0.39 is 0 Å². The molecule has 2 N–H and O–H groups in total. The Morgan fingerprint density at radius 1 is 1.04 bits per heavy atom. The van der Waals surface area contributed by atoms with E-state index in [4.69, 9.17) is 0 Å². The van der Waals surface area contributed by atoms with Crippen LogP contribution in [0, 0.1) is 0 Å². The number of hydrogen-bond acceptors (Lipinski definition) is 4. The van der Waals surface area contributed by atoms with Gasteiger partial charge in [0.25, 0.3) is 0 Å². The van der Waals surface area contributed by atoms with Crippen LogP contribution in [0.25, 0.3) is 21.8 Å². The first-order chi connectivity index (χ1) is 11.2. The summed E-state index contributed by atoms with van der Waals surface area (Å²) < 4.78 is 0. The van der Waals surface area contributed by atoms with Crippen LogP contribution >= 0.6 is 0 Å². The molecule has 0 aliphatic heterocycles. The predicted octanol–water partition coefficient (Wildman–Crippen LogP) is 4.37. The van der Waals surface area contributed by atoms with Crippen LogP contribution in [0.15, 0.2) is 48.8 Å². The molecule has 1 aromatic carbocycles. The average molecular weight is 303 g/mol. The topological polar surface area (TPSA) is 66.5 Å². The van der Waals surface area contributed by atoms with Crippen molar-refractivity contribution in [3.8, 4) is 0 Å². The molecule has 0 saturated carbocycles. The van der Waals surface area contributed by atoms with Gasteiger partial charge in [-0.05, 0) is 41.6 Å². The highest BCUT2D eigenvalue weighted by molar-refractivity contribution is 5.90. The van der Waals surface area contributed by atoms with Gasteiger partial charge < -0.3 is 5.32 Å². The molecule has 3 aromatic heterocycles. The predicted molar refractivity (Wildman–Crippen MR) is 93.0 cm³/mol. The molecule has 0 saturated heterocycles. The summed E-state index contributed by atoms with van der Waals surface area (Å²) in [5.74, 6) is 1.15. The number of benzene rings is 1. The smallest absolute Gasteiger partial charge is 0.178 e. The van der Waals surface area contributed by atoms with Crippen LogP contribution < -0.4 is 5.32 Å². The summed E-state index contributed by atoms with van der Waals surface area (Å²) in [7, 11) is 0. The van der Waals surface area contributed by atoms with Gasteiger partial charge in [-0.15, -0.1) is 0 Å². The van der Waals surface area contributed by atoms with Crippen molar-refractivity contribution in [1.29, 1.82) is 0 Å². The van der Waals surface area contributed by atoms with Crippen molar-refractivity contribution in [3.05, 3.63) is 54.5 Å².